The van der Waals surface area contributed by atoms with Crippen LogP contribution in [-0.4, -0.2) is 33.6 Å². The summed E-state index contributed by atoms with van der Waals surface area (Å²) in [6.45, 7) is 2.79. The summed E-state index contributed by atoms with van der Waals surface area (Å²) >= 11 is 11.7. The molecule has 4 rings (SSSR count). The molecular weight excluding hydrogens is 726 g/mol. The number of rotatable bonds is 7. The first-order valence-corrected chi connectivity index (χ1v) is 14.1. The van der Waals surface area contributed by atoms with E-state index in [1.54, 1.807) is 17.0 Å². The summed E-state index contributed by atoms with van der Waals surface area (Å²) in [6, 6.07) is 17.8. The maximum Gasteiger partial charge on any atom is 0.335 e. The van der Waals surface area contributed by atoms with E-state index in [-0.39, 0.29) is 11.5 Å². The van der Waals surface area contributed by atoms with Crippen LogP contribution in [0.25, 0.3) is 6.08 Å². The van der Waals surface area contributed by atoms with Gasteiger partial charge in [0.05, 0.1) is 23.3 Å². The van der Waals surface area contributed by atoms with Gasteiger partial charge in [0.25, 0.3) is 5.91 Å². The number of thioether (sulfide) groups is 1. The van der Waals surface area contributed by atoms with Crippen molar-refractivity contribution < 1.29 is 19.4 Å². The molecule has 1 saturated heterocycles. The Bertz CT molecular complexity index is 1350. The number of aliphatic imine (C=N–C) groups is 1. The molecule has 3 aromatic rings. The molecule has 6 nitrogen and oxygen atoms in total. The Morgan fingerprint density at radius 3 is 2.33 bits per heavy atom. The third-order valence-corrected chi connectivity index (χ3v) is 8.02. The van der Waals surface area contributed by atoms with E-state index in [0.29, 0.717) is 33.9 Å². The molecule has 1 fully saturated rings. The molecule has 1 heterocycles. The molecule has 0 aliphatic carbocycles. The highest BCUT2D eigenvalue weighted by atomic mass is 127. The average Bonchev–Trinajstić information content (AvgIpc) is 3.13. The lowest BCUT2D eigenvalue weighted by atomic mass is 10.2. The second-order valence-electron chi connectivity index (χ2n) is 7.64. The Hall–Kier alpha value is -2.09. The number of carbonyl (C=O) groups excluding carboxylic acids is 1. The quantitative estimate of drug-likeness (QED) is 0.201. The number of carbonyl (C=O) groups is 2. The fourth-order valence-corrected chi connectivity index (χ4v) is 6.66. The largest absolute Gasteiger partial charge is 0.487 e. The SMILES string of the molecule is CCN1C(=O)/C(=C/c2cc(I)c(OCc3ccc(Cl)cc3)c(I)c2)SC1=Nc1ccc(C(=O)O)cc1. The summed E-state index contributed by atoms with van der Waals surface area (Å²) in [5, 5.41) is 10.3. The minimum absolute atomic E-state index is 0.114. The zero-order chi connectivity index (χ0) is 25.8. The fraction of sp³-hybridized carbons (Fsp3) is 0.115. The number of hydrogen-bond acceptors (Lipinski definition) is 5. The Morgan fingerprint density at radius 1 is 1.11 bits per heavy atom. The van der Waals surface area contributed by atoms with Gasteiger partial charge in [-0.3, -0.25) is 9.69 Å². The standard InChI is InChI=1S/C26H19ClI2N2O4S/c1-2-31-24(32)22(36-26(31)30-19-9-5-17(6-10-19)25(33)34)13-16-11-20(28)23(21(29)12-16)35-14-15-3-7-18(27)8-4-15/h3-13H,2,14H2,1H3,(H,33,34)/b22-13-,30-26?. The summed E-state index contributed by atoms with van der Waals surface area (Å²) in [5.74, 6) is -0.317. The number of halogens is 3. The van der Waals surface area contributed by atoms with Gasteiger partial charge in [0.15, 0.2) is 5.17 Å². The number of amides is 1. The molecule has 0 unspecified atom stereocenters. The van der Waals surface area contributed by atoms with Gasteiger partial charge >= 0.3 is 5.97 Å². The molecule has 3 aromatic carbocycles. The van der Waals surface area contributed by atoms with Gasteiger partial charge in [0.1, 0.15) is 12.4 Å². The Labute approximate surface area is 245 Å². The molecule has 36 heavy (non-hydrogen) atoms. The number of hydrogen-bond donors (Lipinski definition) is 1. The van der Waals surface area contributed by atoms with E-state index in [9.17, 15) is 9.59 Å². The van der Waals surface area contributed by atoms with Crippen molar-refractivity contribution in [2.45, 2.75) is 13.5 Å². The molecule has 0 aromatic heterocycles. The first kappa shape index (κ1) is 27.0. The van der Waals surface area contributed by atoms with Crippen LogP contribution in [0.15, 0.2) is 70.6 Å². The van der Waals surface area contributed by atoms with Crippen molar-refractivity contribution in [1.82, 2.24) is 4.90 Å². The third kappa shape index (κ3) is 6.42. The minimum atomic E-state index is -0.995. The maximum absolute atomic E-state index is 13.0. The summed E-state index contributed by atoms with van der Waals surface area (Å²) < 4.78 is 7.95. The second-order valence-corrected chi connectivity index (χ2v) is 11.4. The lowest BCUT2D eigenvalue weighted by Gasteiger charge is -2.12. The molecule has 0 bridgehead atoms. The zero-order valence-corrected chi connectivity index (χ0v) is 24.8. The van der Waals surface area contributed by atoms with Crippen molar-refractivity contribution in [3.05, 3.63) is 94.4 Å². The van der Waals surface area contributed by atoms with Crippen molar-refractivity contribution in [2.24, 2.45) is 4.99 Å². The Kier molecular flexibility index (Phi) is 8.96. The van der Waals surface area contributed by atoms with Crippen molar-refractivity contribution in [2.75, 3.05) is 6.54 Å². The highest BCUT2D eigenvalue weighted by Gasteiger charge is 2.32. The van der Waals surface area contributed by atoms with Crippen LogP contribution < -0.4 is 4.74 Å². The lowest BCUT2D eigenvalue weighted by molar-refractivity contribution is -0.122. The van der Waals surface area contributed by atoms with E-state index in [2.05, 4.69) is 50.2 Å². The van der Waals surface area contributed by atoms with Crippen LogP contribution in [0.4, 0.5) is 5.69 Å². The van der Waals surface area contributed by atoms with Gasteiger partial charge in [0, 0.05) is 11.6 Å². The van der Waals surface area contributed by atoms with Crippen molar-refractivity contribution >= 4 is 97.4 Å². The number of nitrogens with zero attached hydrogens (tertiary/aromatic N) is 2. The van der Waals surface area contributed by atoms with Gasteiger partial charge < -0.3 is 9.84 Å². The molecule has 0 radical (unpaired) electrons. The predicted molar refractivity (Wildman–Crippen MR) is 161 cm³/mol. The predicted octanol–water partition coefficient (Wildman–Crippen LogP) is 7.45. The number of aromatic carboxylic acids is 1. The van der Waals surface area contributed by atoms with E-state index in [4.69, 9.17) is 21.4 Å². The number of carboxylic acid groups (broad SMARTS) is 1. The number of likely N-dealkylation sites (N-methyl/N-ethyl adjacent to an activating group) is 1. The molecule has 1 N–H and O–H groups in total. The van der Waals surface area contributed by atoms with Gasteiger partial charge in [-0.05, 0) is 130 Å². The summed E-state index contributed by atoms with van der Waals surface area (Å²) in [4.78, 5) is 30.9. The lowest BCUT2D eigenvalue weighted by Crippen LogP contribution is -2.28. The van der Waals surface area contributed by atoms with Crippen LogP contribution in [0.5, 0.6) is 5.75 Å². The smallest absolute Gasteiger partial charge is 0.335 e. The first-order chi connectivity index (χ1) is 17.2. The monoisotopic (exact) mass is 744 g/mol. The minimum Gasteiger partial charge on any atom is -0.487 e. The Morgan fingerprint density at radius 2 is 1.75 bits per heavy atom. The van der Waals surface area contributed by atoms with Crippen LogP contribution in [0.2, 0.25) is 5.02 Å². The van der Waals surface area contributed by atoms with E-state index >= 15 is 0 Å². The first-order valence-electron chi connectivity index (χ1n) is 10.7. The molecule has 0 saturated carbocycles. The summed E-state index contributed by atoms with van der Waals surface area (Å²) in [5.41, 5.74) is 2.68. The normalized spacial score (nSPS) is 15.7. The van der Waals surface area contributed by atoms with Gasteiger partial charge in [-0.1, -0.05) is 23.7 Å². The van der Waals surface area contributed by atoms with E-state index in [1.807, 2.05) is 49.4 Å². The fourth-order valence-electron chi connectivity index (χ4n) is 3.35. The topological polar surface area (TPSA) is 79.2 Å². The third-order valence-electron chi connectivity index (χ3n) is 5.16. The molecule has 0 atom stereocenters. The van der Waals surface area contributed by atoms with Crippen LogP contribution >= 0.6 is 68.5 Å². The van der Waals surface area contributed by atoms with E-state index in [1.165, 1.54) is 23.9 Å². The molecule has 1 aliphatic heterocycles. The van der Waals surface area contributed by atoms with E-state index < -0.39 is 5.97 Å². The van der Waals surface area contributed by atoms with Gasteiger partial charge in [-0.2, -0.15) is 0 Å². The number of benzene rings is 3. The number of amidine groups is 1. The highest BCUT2D eigenvalue weighted by Crippen LogP contribution is 2.36. The molecule has 0 spiro atoms. The number of carboxylic acids is 1. The molecule has 1 amide bonds. The van der Waals surface area contributed by atoms with E-state index in [0.717, 1.165) is 24.0 Å². The van der Waals surface area contributed by atoms with Crippen molar-refractivity contribution in [1.29, 1.82) is 0 Å². The second kappa shape index (κ2) is 12.0. The summed E-state index contributed by atoms with van der Waals surface area (Å²) in [6.07, 6.45) is 1.86. The van der Waals surface area contributed by atoms with Crippen LogP contribution in [0, 0.1) is 7.14 Å². The van der Waals surface area contributed by atoms with Gasteiger partial charge in [-0.15, -0.1) is 0 Å². The van der Waals surface area contributed by atoms with Gasteiger partial charge in [0.2, 0.25) is 0 Å². The number of ether oxygens (including phenoxy) is 1. The zero-order valence-electron chi connectivity index (χ0n) is 18.9. The maximum atomic E-state index is 13.0. The van der Waals surface area contributed by atoms with Crippen LogP contribution in [0.1, 0.15) is 28.4 Å². The Balaban J connectivity index is 1.54. The van der Waals surface area contributed by atoms with Crippen LogP contribution in [0.3, 0.4) is 0 Å². The molecule has 1 aliphatic rings. The van der Waals surface area contributed by atoms with Crippen molar-refractivity contribution in [3.8, 4) is 5.75 Å². The molecular formula is C26H19ClI2N2O4S. The highest BCUT2D eigenvalue weighted by molar-refractivity contribution is 14.1. The van der Waals surface area contributed by atoms with Crippen LogP contribution in [-0.2, 0) is 11.4 Å². The average molecular weight is 745 g/mol. The van der Waals surface area contributed by atoms with Gasteiger partial charge in [-0.25, -0.2) is 9.79 Å². The molecule has 10 heteroatoms. The molecule has 184 valence electrons. The van der Waals surface area contributed by atoms with Crippen molar-refractivity contribution in [3.63, 3.8) is 0 Å². The summed E-state index contributed by atoms with van der Waals surface area (Å²) in [7, 11) is 0.